The van der Waals surface area contributed by atoms with Crippen LogP contribution in [0.25, 0.3) is 0 Å². The number of carbonyl (C=O) groups excluding carboxylic acids is 1. The number of benzene rings is 2. The molecule has 0 aliphatic carbocycles. The van der Waals surface area contributed by atoms with E-state index in [-0.39, 0.29) is 18.4 Å². The van der Waals surface area contributed by atoms with Gasteiger partial charge in [0, 0.05) is 11.6 Å². The molecule has 146 valence electrons. The third kappa shape index (κ3) is 5.79. The zero-order valence-electron chi connectivity index (χ0n) is 16.2. The summed E-state index contributed by atoms with van der Waals surface area (Å²) in [6.07, 6.45) is 0.895. The molecule has 1 atom stereocenters. The van der Waals surface area contributed by atoms with E-state index >= 15 is 0 Å². The van der Waals surface area contributed by atoms with E-state index in [4.69, 9.17) is 25.8 Å². The lowest BCUT2D eigenvalue weighted by Gasteiger charge is -2.17. The molecule has 0 radical (unpaired) electrons. The van der Waals surface area contributed by atoms with Crippen LogP contribution in [0.15, 0.2) is 36.4 Å². The van der Waals surface area contributed by atoms with Crippen LogP contribution in [-0.4, -0.2) is 32.8 Å². The minimum Gasteiger partial charge on any atom is -0.493 e. The predicted molar refractivity (Wildman–Crippen MR) is 107 cm³/mol. The SMILES string of the molecule is CCOc1c(Cl)cccc1CC(=O)NC(C)Cc1ccc(OC)c(OC)c1. The van der Waals surface area contributed by atoms with Crippen LogP contribution < -0.4 is 19.5 Å². The molecule has 2 aromatic carbocycles. The zero-order valence-corrected chi connectivity index (χ0v) is 16.9. The van der Waals surface area contributed by atoms with Crippen molar-refractivity contribution in [1.82, 2.24) is 5.32 Å². The van der Waals surface area contributed by atoms with E-state index in [2.05, 4.69) is 5.32 Å². The third-order valence-corrected chi connectivity index (χ3v) is 4.38. The van der Waals surface area contributed by atoms with Crippen molar-refractivity contribution in [3.05, 3.63) is 52.5 Å². The van der Waals surface area contributed by atoms with Gasteiger partial charge in [-0.15, -0.1) is 0 Å². The van der Waals surface area contributed by atoms with Gasteiger partial charge in [-0.2, -0.15) is 0 Å². The summed E-state index contributed by atoms with van der Waals surface area (Å²) in [5.41, 5.74) is 1.83. The number of methoxy groups -OCH3 is 2. The van der Waals surface area contributed by atoms with Gasteiger partial charge in [0.15, 0.2) is 11.5 Å². The second-order valence-corrected chi connectivity index (χ2v) is 6.61. The fraction of sp³-hybridized carbons (Fsp3) is 0.381. The van der Waals surface area contributed by atoms with Gasteiger partial charge in [-0.3, -0.25) is 4.79 Å². The number of rotatable bonds is 9. The van der Waals surface area contributed by atoms with E-state index in [1.807, 2.05) is 44.2 Å². The lowest BCUT2D eigenvalue weighted by Crippen LogP contribution is -2.35. The van der Waals surface area contributed by atoms with Crippen LogP contribution in [0.3, 0.4) is 0 Å². The van der Waals surface area contributed by atoms with Gasteiger partial charge in [0.2, 0.25) is 5.91 Å². The monoisotopic (exact) mass is 391 g/mol. The van der Waals surface area contributed by atoms with Gasteiger partial charge in [0.05, 0.1) is 32.3 Å². The smallest absolute Gasteiger partial charge is 0.224 e. The molecule has 0 spiro atoms. The highest BCUT2D eigenvalue weighted by Gasteiger charge is 2.15. The molecule has 0 saturated carbocycles. The van der Waals surface area contributed by atoms with Crippen molar-refractivity contribution in [3.63, 3.8) is 0 Å². The van der Waals surface area contributed by atoms with Gasteiger partial charge < -0.3 is 19.5 Å². The molecular formula is C21H26ClNO4. The number of hydrogen-bond donors (Lipinski definition) is 1. The molecule has 0 bridgehead atoms. The minimum atomic E-state index is -0.0776. The molecule has 0 saturated heterocycles. The highest BCUT2D eigenvalue weighted by atomic mass is 35.5. The van der Waals surface area contributed by atoms with Gasteiger partial charge in [0.25, 0.3) is 0 Å². The summed E-state index contributed by atoms with van der Waals surface area (Å²) in [7, 11) is 3.21. The number of amides is 1. The summed E-state index contributed by atoms with van der Waals surface area (Å²) in [4.78, 5) is 12.4. The fourth-order valence-corrected chi connectivity index (χ4v) is 3.16. The molecule has 1 amide bonds. The number of ether oxygens (including phenoxy) is 3. The van der Waals surface area contributed by atoms with Gasteiger partial charge in [-0.05, 0) is 44.0 Å². The minimum absolute atomic E-state index is 0.0367. The van der Waals surface area contributed by atoms with E-state index < -0.39 is 0 Å². The highest BCUT2D eigenvalue weighted by Crippen LogP contribution is 2.29. The standard InChI is InChI=1S/C21H26ClNO4/c1-5-27-21-16(7-6-8-17(21)22)13-20(24)23-14(2)11-15-9-10-18(25-3)19(12-15)26-4/h6-10,12,14H,5,11,13H2,1-4H3,(H,23,24). The molecule has 6 heteroatoms. The van der Waals surface area contributed by atoms with Crippen LogP contribution in [0.5, 0.6) is 17.2 Å². The molecule has 0 heterocycles. The van der Waals surface area contributed by atoms with Gasteiger partial charge >= 0.3 is 0 Å². The summed E-state index contributed by atoms with van der Waals surface area (Å²) >= 11 is 6.18. The molecule has 0 aliphatic heterocycles. The first-order valence-corrected chi connectivity index (χ1v) is 9.26. The Labute approximate surface area is 165 Å². The van der Waals surface area contributed by atoms with Crippen molar-refractivity contribution in [2.75, 3.05) is 20.8 Å². The third-order valence-electron chi connectivity index (χ3n) is 4.09. The largest absolute Gasteiger partial charge is 0.493 e. The first-order chi connectivity index (χ1) is 13.0. The second kappa shape index (κ2) is 10.1. The Kier molecular flexibility index (Phi) is 7.80. The van der Waals surface area contributed by atoms with E-state index in [9.17, 15) is 4.79 Å². The molecule has 5 nitrogen and oxygen atoms in total. The van der Waals surface area contributed by atoms with Crippen molar-refractivity contribution in [2.45, 2.75) is 32.7 Å². The number of hydrogen-bond acceptors (Lipinski definition) is 4. The van der Waals surface area contributed by atoms with Crippen LogP contribution in [0, 0.1) is 0 Å². The Bertz CT molecular complexity index is 779. The first-order valence-electron chi connectivity index (χ1n) is 8.88. The maximum Gasteiger partial charge on any atom is 0.224 e. The molecule has 1 N–H and O–H groups in total. The Hall–Kier alpha value is -2.40. The molecular weight excluding hydrogens is 366 g/mol. The van der Waals surface area contributed by atoms with Crippen LogP contribution in [0.4, 0.5) is 0 Å². The normalized spacial score (nSPS) is 11.6. The Balaban J connectivity index is 1.99. The van der Waals surface area contributed by atoms with Gasteiger partial charge in [-0.1, -0.05) is 29.8 Å². The second-order valence-electron chi connectivity index (χ2n) is 6.20. The molecule has 2 rings (SSSR count). The molecule has 27 heavy (non-hydrogen) atoms. The van der Waals surface area contributed by atoms with Crippen molar-refractivity contribution in [1.29, 1.82) is 0 Å². The lowest BCUT2D eigenvalue weighted by molar-refractivity contribution is -0.121. The van der Waals surface area contributed by atoms with Crippen molar-refractivity contribution < 1.29 is 19.0 Å². The quantitative estimate of drug-likeness (QED) is 0.700. The Morgan fingerprint density at radius 2 is 1.89 bits per heavy atom. The number of halogens is 1. The maximum absolute atomic E-state index is 12.4. The molecule has 0 aromatic heterocycles. The molecule has 1 unspecified atom stereocenters. The number of para-hydroxylation sites is 1. The average Bonchev–Trinajstić information content (AvgIpc) is 2.64. The van der Waals surface area contributed by atoms with E-state index in [0.29, 0.717) is 35.3 Å². The fourth-order valence-electron chi connectivity index (χ4n) is 2.91. The maximum atomic E-state index is 12.4. The van der Waals surface area contributed by atoms with Crippen LogP contribution in [0.1, 0.15) is 25.0 Å². The molecule has 0 fully saturated rings. The number of carbonyl (C=O) groups is 1. The summed E-state index contributed by atoms with van der Waals surface area (Å²) < 4.78 is 16.2. The van der Waals surface area contributed by atoms with Crippen LogP contribution in [0.2, 0.25) is 5.02 Å². The van der Waals surface area contributed by atoms with Crippen LogP contribution >= 0.6 is 11.6 Å². The lowest BCUT2D eigenvalue weighted by atomic mass is 10.1. The highest BCUT2D eigenvalue weighted by molar-refractivity contribution is 6.32. The summed E-state index contributed by atoms with van der Waals surface area (Å²) in [6.45, 7) is 4.35. The molecule has 2 aromatic rings. The van der Waals surface area contributed by atoms with Crippen molar-refractivity contribution in [2.24, 2.45) is 0 Å². The van der Waals surface area contributed by atoms with Crippen molar-refractivity contribution >= 4 is 17.5 Å². The zero-order chi connectivity index (χ0) is 19.8. The average molecular weight is 392 g/mol. The van der Waals surface area contributed by atoms with Gasteiger partial charge in [0.1, 0.15) is 5.75 Å². The predicted octanol–water partition coefficient (Wildman–Crippen LogP) is 4.05. The Morgan fingerprint density at radius 1 is 1.15 bits per heavy atom. The summed E-state index contributed by atoms with van der Waals surface area (Å²) in [5.74, 6) is 1.85. The first kappa shape index (κ1) is 20.9. The van der Waals surface area contributed by atoms with E-state index in [1.54, 1.807) is 20.3 Å². The summed E-state index contributed by atoms with van der Waals surface area (Å²) in [6, 6.07) is 11.2. The van der Waals surface area contributed by atoms with Crippen LogP contribution in [-0.2, 0) is 17.6 Å². The topological polar surface area (TPSA) is 56.8 Å². The van der Waals surface area contributed by atoms with E-state index in [0.717, 1.165) is 11.1 Å². The summed E-state index contributed by atoms with van der Waals surface area (Å²) in [5, 5.41) is 3.54. The number of nitrogens with one attached hydrogen (secondary N) is 1. The van der Waals surface area contributed by atoms with Crippen molar-refractivity contribution in [3.8, 4) is 17.2 Å². The van der Waals surface area contributed by atoms with E-state index in [1.165, 1.54) is 0 Å². The molecule has 0 aliphatic rings. The Morgan fingerprint density at radius 3 is 2.56 bits per heavy atom. The van der Waals surface area contributed by atoms with Gasteiger partial charge in [-0.25, -0.2) is 0 Å².